The molecule has 4 heteroatoms. The van der Waals surface area contributed by atoms with Crippen molar-refractivity contribution in [1.82, 2.24) is 15.1 Å². The van der Waals surface area contributed by atoms with Crippen molar-refractivity contribution in [1.29, 1.82) is 0 Å². The van der Waals surface area contributed by atoms with Crippen LogP contribution in [0, 0.1) is 5.92 Å². The van der Waals surface area contributed by atoms with Gasteiger partial charge in [-0.3, -0.25) is 4.68 Å². The van der Waals surface area contributed by atoms with Crippen LogP contribution < -0.4 is 5.32 Å². The summed E-state index contributed by atoms with van der Waals surface area (Å²) in [6.07, 6.45) is 11.0. The Morgan fingerprint density at radius 1 is 1.43 bits per heavy atom. The lowest BCUT2D eigenvalue weighted by molar-refractivity contribution is -0.122. The smallest absolute Gasteiger partial charge is 0.0796 e. The molecule has 0 aromatic carbocycles. The van der Waals surface area contributed by atoms with Gasteiger partial charge in [0.25, 0.3) is 0 Å². The van der Waals surface area contributed by atoms with Crippen molar-refractivity contribution in [2.24, 2.45) is 13.0 Å². The summed E-state index contributed by atoms with van der Waals surface area (Å²) in [5.41, 5.74) is 1.36. The zero-order chi connectivity index (χ0) is 14.7. The minimum atomic E-state index is 0.170. The van der Waals surface area contributed by atoms with Crippen LogP contribution in [0.25, 0.3) is 0 Å². The first-order chi connectivity index (χ1) is 10.2. The molecule has 1 spiro atoms. The van der Waals surface area contributed by atoms with Crippen molar-refractivity contribution in [2.45, 2.75) is 63.5 Å². The summed E-state index contributed by atoms with van der Waals surface area (Å²) >= 11 is 0. The molecule has 1 N–H and O–H groups in total. The quantitative estimate of drug-likeness (QED) is 0.926. The van der Waals surface area contributed by atoms with Gasteiger partial charge in [0.15, 0.2) is 0 Å². The highest BCUT2D eigenvalue weighted by molar-refractivity contribution is 5.09. The number of hydrogen-bond donors (Lipinski definition) is 1. The van der Waals surface area contributed by atoms with Crippen LogP contribution in [0.1, 0.15) is 63.6 Å². The molecule has 1 aromatic rings. The Kier molecular flexibility index (Phi) is 4.65. The second kappa shape index (κ2) is 6.49. The summed E-state index contributed by atoms with van der Waals surface area (Å²) in [4.78, 5) is 0. The van der Waals surface area contributed by atoms with Gasteiger partial charge in [0, 0.05) is 19.9 Å². The van der Waals surface area contributed by atoms with E-state index in [4.69, 9.17) is 4.74 Å². The van der Waals surface area contributed by atoms with Crippen molar-refractivity contribution in [3.8, 4) is 0 Å². The number of ether oxygens (including phenoxy) is 1. The Morgan fingerprint density at radius 2 is 2.24 bits per heavy atom. The molecule has 2 fully saturated rings. The molecule has 0 bridgehead atoms. The second-order valence-corrected chi connectivity index (χ2v) is 6.79. The van der Waals surface area contributed by atoms with Crippen LogP contribution in [0.15, 0.2) is 12.3 Å². The highest BCUT2D eigenvalue weighted by atomic mass is 16.5. The molecule has 2 atom stereocenters. The van der Waals surface area contributed by atoms with Crippen LogP contribution >= 0.6 is 0 Å². The van der Waals surface area contributed by atoms with Gasteiger partial charge in [-0.05, 0) is 44.2 Å². The lowest BCUT2D eigenvalue weighted by Crippen LogP contribution is -2.45. The van der Waals surface area contributed by atoms with E-state index >= 15 is 0 Å². The average Bonchev–Trinajstić information content (AvgIpc) is 2.92. The summed E-state index contributed by atoms with van der Waals surface area (Å²) in [5, 5.41) is 8.32. The van der Waals surface area contributed by atoms with Gasteiger partial charge >= 0.3 is 0 Å². The van der Waals surface area contributed by atoms with E-state index in [1.54, 1.807) is 0 Å². The van der Waals surface area contributed by atoms with Crippen molar-refractivity contribution >= 4 is 0 Å². The molecule has 1 aromatic heterocycles. The molecule has 1 aliphatic heterocycles. The molecule has 1 saturated heterocycles. The summed E-state index contributed by atoms with van der Waals surface area (Å²) < 4.78 is 8.16. The number of aromatic nitrogens is 2. The molecule has 118 valence electrons. The van der Waals surface area contributed by atoms with Crippen molar-refractivity contribution < 1.29 is 4.74 Å². The maximum Gasteiger partial charge on any atom is 0.0796 e. The third kappa shape index (κ3) is 3.32. The third-order valence-corrected chi connectivity index (χ3v) is 5.24. The van der Waals surface area contributed by atoms with E-state index in [2.05, 4.69) is 29.6 Å². The van der Waals surface area contributed by atoms with Crippen LogP contribution in [0.4, 0.5) is 0 Å². The fraction of sp³-hybridized carbons (Fsp3) is 0.824. The Balaban J connectivity index is 1.75. The molecule has 1 saturated carbocycles. The fourth-order valence-electron chi connectivity index (χ4n) is 4.23. The van der Waals surface area contributed by atoms with E-state index in [0.717, 1.165) is 19.6 Å². The lowest BCUT2D eigenvalue weighted by atomic mass is 9.73. The summed E-state index contributed by atoms with van der Waals surface area (Å²) in [6.45, 7) is 4.09. The fourth-order valence-corrected chi connectivity index (χ4v) is 4.23. The van der Waals surface area contributed by atoms with E-state index in [1.165, 1.54) is 44.2 Å². The molecule has 4 nitrogen and oxygen atoms in total. The van der Waals surface area contributed by atoms with E-state index < -0.39 is 0 Å². The monoisotopic (exact) mass is 291 g/mol. The number of nitrogens with zero attached hydrogens (tertiary/aromatic N) is 2. The van der Waals surface area contributed by atoms with Gasteiger partial charge in [0.1, 0.15) is 0 Å². The van der Waals surface area contributed by atoms with E-state index in [-0.39, 0.29) is 5.60 Å². The maximum absolute atomic E-state index is 6.25. The highest BCUT2D eigenvalue weighted by Gasteiger charge is 2.41. The zero-order valence-electron chi connectivity index (χ0n) is 13.5. The number of aryl methyl sites for hydroxylation is 1. The van der Waals surface area contributed by atoms with Crippen LogP contribution in [-0.4, -0.2) is 28.5 Å². The van der Waals surface area contributed by atoms with E-state index in [0.29, 0.717) is 12.0 Å². The normalized spacial score (nSPS) is 26.9. The molecule has 3 rings (SSSR count). The molecule has 2 heterocycles. The van der Waals surface area contributed by atoms with Crippen molar-refractivity contribution in [3.05, 3.63) is 18.0 Å². The number of nitrogens with one attached hydrogen (secondary N) is 1. The zero-order valence-corrected chi connectivity index (χ0v) is 13.5. The lowest BCUT2D eigenvalue weighted by Gasteiger charge is -2.45. The topological polar surface area (TPSA) is 39.1 Å². The molecule has 2 aliphatic rings. The van der Waals surface area contributed by atoms with Gasteiger partial charge in [-0.1, -0.05) is 26.2 Å². The van der Waals surface area contributed by atoms with E-state index in [1.807, 2.05) is 11.7 Å². The van der Waals surface area contributed by atoms with Gasteiger partial charge in [0.05, 0.1) is 17.3 Å². The largest absolute Gasteiger partial charge is 0.375 e. The molecule has 0 radical (unpaired) electrons. The summed E-state index contributed by atoms with van der Waals surface area (Å²) in [7, 11) is 2.00. The Bertz CT molecular complexity index is 445. The number of hydrogen-bond acceptors (Lipinski definition) is 3. The number of rotatable bonds is 4. The molecule has 1 aliphatic carbocycles. The van der Waals surface area contributed by atoms with Gasteiger partial charge in [-0.25, -0.2) is 0 Å². The molecule has 2 unspecified atom stereocenters. The van der Waals surface area contributed by atoms with Crippen LogP contribution in [0.2, 0.25) is 0 Å². The van der Waals surface area contributed by atoms with Crippen LogP contribution in [-0.2, 0) is 11.8 Å². The SMILES string of the molecule is CCNC(c1ccn(C)n1)C1CCOC2(CCCCC2)C1. The van der Waals surface area contributed by atoms with Gasteiger partial charge in [-0.2, -0.15) is 5.10 Å². The minimum absolute atomic E-state index is 0.170. The Labute approximate surface area is 128 Å². The van der Waals surface area contributed by atoms with Crippen molar-refractivity contribution in [3.63, 3.8) is 0 Å². The van der Waals surface area contributed by atoms with Gasteiger partial charge in [0.2, 0.25) is 0 Å². The third-order valence-electron chi connectivity index (χ3n) is 5.24. The first-order valence-corrected chi connectivity index (χ1v) is 8.59. The standard InChI is InChI=1S/C17H29N3O/c1-3-18-16(15-7-11-20(2)19-15)14-8-12-21-17(13-14)9-5-4-6-10-17/h7,11,14,16,18H,3-6,8-10,12-13H2,1-2H3. The van der Waals surface area contributed by atoms with Crippen LogP contribution in [0.5, 0.6) is 0 Å². The molecular weight excluding hydrogens is 262 g/mol. The Morgan fingerprint density at radius 3 is 2.90 bits per heavy atom. The van der Waals surface area contributed by atoms with Crippen LogP contribution in [0.3, 0.4) is 0 Å². The maximum atomic E-state index is 6.25. The predicted octanol–water partition coefficient (Wildman–Crippen LogP) is 3.20. The predicted molar refractivity (Wildman–Crippen MR) is 84.1 cm³/mol. The second-order valence-electron chi connectivity index (χ2n) is 6.79. The van der Waals surface area contributed by atoms with Gasteiger partial charge < -0.3 is 10.1 Å². The summed E-state index contributed by atoms with van der Waals surface area (Å²) in [5.74, 6) is 0.645. The minimum Gasteiger partial charge on any atom is -0.375 e. The van der Waals surface area contributed by atoms with Crippen molar-refractivity contribution in [2.75, 3.05) is 13.2 Å². The summed E-state index contributed by atoms with van der Waals surface area (Å²) in [6, 6.07) is 2.54. The molecule has 21 heavy (non-hydrogen) atoms. The first-order valence-electron chi connectivity index (χ1n) is 8.59. The highest BCUT2D eigenvalue weighted by Crippen LogP contribution is 2.44. The average molecular weight is 291 g/mol. The van der Waals surface area contributed by atoms with E-state index in [9.17, 15) is 0 Å². The Hall–Kier alpha value is -0.870. The first kappa shape index (κ1) is 15.0. The van der Waals surface area contributed by atoms with Gasteiger partial charge in [-0.15, -0.1) is 0 Å². The molecular formula is C17H29N3O. The molecule has 0 amide bonds.